The van der Waals surface area contributed by atoms with Gasteiger partial charge >= 0.3 is 0 Å². The van der Waals surface area contributed by atoms with Crippen molar-refractivity contribution >= 4 is 22.9 Å². The van der Waals surface area contributed by atoms with Crippen LogP contribution in [0.2, 0.25) is 0 Å². The molecule has 0 saturated heterocycles. The molecule has 0 bridgehead atoms. The van der Waals surface area contributed by atoms with Crippen LogP contribution in [-0.4, -0.2) is 31.2 Å². The molecule has 0 atom stereocenters. The lowest BCUT2D eigenvalue weighted by Crippen LogP contribution is -2.33. The Morgan fingerprint density at radius 3 is 2.67 bits per heavy atom. The minimum Gasteiger partial charge on any atom is -0.497 e. The van der Waals surface area contributed by atoms with Gasteiger partial charge < -0.3 is 14.4 Å². The second-order valence-electron chi connectivity index (χ2n) is 6.35. The SMILES string of the molecule is COc1ccc(OCC(=O)N2CCc3cc(-c4csc(C)n4)ccc32)cc1. The molecule has 27 heavy (non-hydrogen) atoms. The Hall–Kier alpha value is -2.86. The number of carbonyl (C=O) groups is 1. The van der Waals surface area contributed by atoms with Gasteiger partial charge in [0.15, 0.2) is 6.61 Å². The van der Waals surface area contributed by atoms with Crippen molar-refractivity contribution in [3.05, 3.63) is 58.4 Å². The Morgan fingerprint density at radius 1 is 1.19 bits per heavy atom. The Morgan fingerprint density at radius 2 is 1.96 bits per heavy atom. The lowest BCUT2D eigenvalue weighted by molar-refractivity contribution is -0.120. The summed E-state index contributed by atoms with van der Waals surface area (Å²) in [5.41, 5.74) is 4.24. The Balaban J connectivity index is 1.44. The van der Waals surface area contributed by atoms with Crippen LogP contribution in [0.3, 0.4) is 0 Å². The third-order valence-corrected chi connectivity index (χ3v) is 5.39. The minimum atomic E-state index is -0.0400. The average molecular weight is 380 g/mol. The van der Waals surface area contributed by atoms with Crippen LogP contribution in [0.5, 0.6) is 11.5 Å². The second kappa shape index (κ2) is 7.40. The van der Waals surface area contributed by atoms with Crippen LogP contribution in [-0.2, 0) is 11.2 Å². The van der Waals surface area contributed by atoms with E-state index in [0.717, 1.165) is 34.1 Å². The van der Waals surface area contributed by atoms with Crippen LogP contribution in [0.25, 0.3) is 11.3 Å². The maximum Gasteiger partial charge on any atom is 0.264 e. The summed E-state index contributed by atoms with van der Waals surface area (Å²) in [6.45, 7) is 2.70. The Labute approximate surface area is 162 Å². The molecule has 138 valence electrons. The first-order chi connectivity index (χ1) is 13.1. The molecule has 0 N–H and O–H groups in total. The van der Waals surface area contributed by atoms with Crippen molar-refractivity contribution in [2.75, 3.05) is 25.2 Å². The average Bonchev–Trinajstić information content (AvgIpc) is 3.32. The van der Waals surface area contributed by atoms with Gasteiger partial charge in [-0.1, -0.05) is 6.07 Å². The third kappa shape index (κ3) is 3.66. The van der Waals surface area contributed by atoms with Crippen LogP contribution in [0.1, 0.15) is 10.6 Å². The van der Waals surface area contributed by atoms with Gasteiger partial charge in [0.2, 0.25) is 0 Å². The number of methoxy groups -OCH3 is 1. The molecular formula is C21H20N2O3S. The van der Waals surface area contributed by atoms with Crippen molar-refractivity contribution in [3.63, 3.8) is 0 Å². The third-order valence-electron chi connectivity index (χ3n) is 4.61. The number of fused-ring (bicyclic) bond motifs is 1. The first-order valence-electron chi connectivity index (χ1n) is 8.76. The molecule has 0 radical (unpaired) electrons. The number of amides is 1. The van der Waals surface area contributed by atoms with E-state index in [-0.39, 0.29) is 12.5 Å². The number of hydrogen-bond donors (Lipinski definition) is 0. The number of thiazole rings is 1. The summed E-state index contributed by atoms with van der Waals surface area (Å²) in [5.74, 6) is 1.37. The minimum absolute atomic E-state index is 0.0127. The number of ether oxygens (including phenoxy) is 2. The Bertz CT molecular complexity index is 966. The van der Waals surface area contributed by atoms with E-state index in [1.54, 1.807) is 35.5 Å². The van der Waals surface area contributed by atoms with Gasteiger partial charge in [-0.2, -0.15) is 0 Å². The summed E-state index contributed by atoms with van der Waals surface area (Å²) >= 11 is 1.64. The number of rotatable bonds is 5. The quantitative estimate of drug-likeness (QED) is 0.669. The molecule has 0 aliphatic carbocycles. The molecule has 0 saturated carbocycles. The van der Waals surface area contributed by atoms with E-state index in [2.05, 4.69) is 16.4 Å². The largest absolute Gasteiger partial charge is 0.497 e. The molecule has 2 heterocycles. The number of hydrogen-bond acceptors (Lipinski definition) is 5. The number of anilines is 1. The highest BCUT2D eigenvalue weighted by Gasteiger charge is 2.25. The molecule has 1 aliphatic rings. The monoisotopic (exact) mass is 380 g/mol. The van der Waals surface area contributed by atoms with Crippen molar-refractivity contribution in [2.24, 2.45) is 0 Å². The van der Waals surface area contributed by atoms with Crippen molar-refractivity contribution in [2.45, 2.75) is 13.3 Å². The smallest absolute Gasteiger partial charge is 0.264 e. The van der Waals surface area contributed by atoms with Gasteiger partial charge in [0.1, 0.15) is 11.5 Å². The Kier molecular flexibility index (Phi) is 4.81. The van der Waals surface area contributed by atoms with Crippen molar-refractivity contribution in [3.8, 4) is 22.8 Å². The molecule has 6 heteroatoms. The topological polar surface area (TPSA) is 51.7 Å². The summed E-state index contributed by atoms with van der Waals surface area (Å²) in [6, 6.07) is 13.4. The van der Waals surface area contributed by atoms with Crippen LogP contribution in [0.4, 0.5) is 5.69 Å². The highest BCUT2D eigenvalue weighted by atomic mass is 32.1. The zero-order valence-corrected chi connectivity index (χ0v) is 16.1. The fraction of sp³-hybridized carbons (Fsp3) is 0.238. The van der Waals surface area contributed by atoms with Gasteiger partial charge in [-0.05, 0) is 55.3 Å². The van der Waals surface area contributed by atoms with Crippen LogP contribution in [0, 0.1) is 6.92 Å². The molecule has 0 unspecified atom stereocenters. The summed E-state index contributed by atoms with van der Waals surface area (Å²) in [7, 11) is 1.62. The summed E-state index contributed by atoms with van der Waals surface area (Å²) in [4.78, 5) is 19.0. The summed E-state index contributed by atoms with van der Waals surface area (Å²) < 4.78 is 10.8. The van der Waals surface area contributed by atoms with E-state index in [1.807, 2.05) is 31.2 Å². The number of aromatic nitrogens is 1. The lowest BCUT2D eigenvalue weighted by Gasteiger charge is -2.18. The predicted octanol–water partition coefficient (Wildman–Crippen LogP) is 4.10. The molecule has 5 nitrogen and oxygen atoms in total. The van der Waals surface area contributed by atoms with E-state index in [1.165, 1.54) is 5.56 Å². The van der Waals surface area contributed by atoms with E-state index >= 15 is 0 Å². The molecular weight excluding hydrogens is 360 g/mol. The van der Waals surface area contributed by atoms with E-state index < -0.39 is 0 Å². The maximum absolute atomic E-state index is 12.6. The standard InChI is InChI=1S/C21H20N2O3S/c1-14-22-19(13-27-14)15-3-8-20-16(11-15)9-10-23(20)21(24)12-26-18-6-4-17(25-2)5-7-18/h3-8,11,13H,9-10,12H2,1-2H3. The van der Waals surface area contributed by atoms with Gasteiger partial charge in [0.05, 0.1) is 17.8 Å². The molecule has 0 spiro atoms. The number of benzene rings is 2. The second-order valence-corrected chi connectivity index (χ2v) is 7.42. The number of carbonyl (C=O) groups excluding carboxylic acids is 1. The lowest BCUT2D eigenvalue weighted by atomic mass is 10.1. The predicted molar refractivity (Wildman–Crippen MR) is 107 cm³/mol. The molecule has 2 aromatic carbocycles. The summed E-state index contributed by atoms with van der Waals surface area (Å²) in [6.07, 6.45) is 0.848. The molecule has 4 rings (SSSR count). The fourth-order valence-corrected chi connectivity index (χ4v) is 3.83. The molecule has 3 aromatic rings. The van der Waals surface area contributed by atoms with Crippen LogP contribution in [0.15, 0.2) is 47.8 Å². The van der Waals surface area contributed by atoms with E-state index in [0.29, 0.717) is 12.3 Å². The first kappa shape index (κ1) is 17.5. The highest BCUT2D eigenvalue weighted by Crippen LogP contribution is 2.33. The zero-order valence-electron chi connectivity index (χ0n) is 15.3. The van der Waals surface area contributed by atoms with E-state index in [4.69, 9.17) is 9.47 Å². The molecule has 0 fully saturated rings. The first-order valence-corrected chi connectivity index (χ1v) is 9.64. The van der Waals surface area contributed by atoms with Crippen molar-refractivity contribution in [1.82, 2.24) is 4.98 Å². The number of aryl methyl sites for hydroxylation is 1. The van der Waals surface area contributed by atoms with Crippen LogP contribution < -0.4 is 14.4 Å². The molecule has 1 amide bonds. The van der Waals surface area contributed by atoms with E-state index in [9.17, 15) is 4.79 Å². The highest BCUT2D eigenvalue weighted by molar-refractivity contribution is 7.09. The normalized spacial score (nSPS) is 12.7. The van der Waals surface area contributed by atoms with Gasteiger partial charge in [-0.15, -0.1) is 11.3 Å². The van der Waals surface area contributed by atoms with Crippen LogP contribution >= 0.6 is 11.3 Å². The van der Waals surface area contributed by atoms with Gasteiger partial charge in [-0.25, -0.2) is 4.98 Å². The maximum atomic E-state index is 12.6. The van der Waals surface area contributed by atoms with Gasteiger partial charge in [0, 0.05) is 23.2 Å². The van der Waals surface area contributed by atoms with Crippen molar-refractivity contribution < 1.29 is 14.3 Å². The summed E-state index contributed by atoms with van der Waals surface area (Å²) in [5, 5.41) is 3.12. The fourth-order valence-electron chi connectivity index (χ4n) is 3.21. The number of nitrogens with zero attached hydrogens (tertiary/aromatic N) is 2. The molecule has 1 aromatic heterocycles. The zero-order chi connectivity index (χ0) is 18.8. The molecule has 1 aliphatic heterocycles. The van der Waals surface area contributed by atoms with Crippen molar-refractivity contribution in [1.29, 1.82) is 0 Å². The van der Waals surface area contributed by atoms with Gasteiger partial charge in [-0.3, -0.25) is 4.79 Å². The van der Waals surface area contributed by atoms with Gasteiger partial charge in [0.25, 0.3) is 5.91 Å².